The molecule has 72 valence electrons. The first-order chi connectivity index (χ1) is 6.00. The van der Waals surface area contributed by atoms with Crippen molar-refractivity contribution in [2.75, 3.05) is 0 Å². The van der Waals surface area contributed by atoms with Crippen LogP contribution >= 0.6 is 0 Å². The predicted octanol–water partition coefficient (Wildman–Crippen LogP) is 2.30. The van der Waals surface area contributed by atoms with Crippen LogP contribution in [-0.4, -0.2) is 11.7 Å². The maximum atomic E-state index is 13.3. The van der Waals surface area contributed by atoms with E-state index in [2.05, 4.69) is 0 Å². The SMILES string of the molecule is CC(C)(F)C(N)Cc1ccccc1. The second-order valence-corrected chi connectivity index (χ2v) is 3.86. The van der Waals surface area contributed by atoms with Crippen molar-refractivity contribution in [3.05, 3.63) is 35.9 Å². The number of rotatable bonds is 3. The summed E-state index contributed by atoms with van der Waals surface area (Å²) >= 11 is 0. The molecule has 2 heteroatoms. The van der Waals surface area contributed by atoms with Crippen LogP contribution in [0.4, 0.5) is 4.39 Å². The number of hydrogen-bond acceptors (Lipinski definition) is 1. The van der Waals surface area contributed by atoms with Gasteiger partial charge in [-0.25, -0.2) is 4.39 Å². The van der Waals surface area contributed by atoms with Crippen LogP contribution in [0.25, 0.3) is 0 Å². The Kier molecular flexibility index (Phi) is 3.04. The number of hydrogen-bond donors (Lipinski definition) is 1. The minimum absolute atomic E-state index is 0.435. The minimum Gasteiger partial charge on any atom is -0.325 e. The molecule has 0 amide bonds. The zero-order chi connectivity index (χ0) is 9.90. The maximum Gasteiger partial charge on any atom is 0.120 e. The third-order valence-corrected chi connectivity index (χ3v) is 2.18. The Morgan fingerprint density at radius 3 is 2.31 bits per heavy atom. The van der Waals surface area contributed by atoms with Crippen LogP contribution in [-0.2, 0) is 6.42 Å². The molecule has 0 fully saturated rings. The lowest BCUT2D eigenvalue weighted by Crippen LogP contribution is -2.41. The molecular weight excluding hydrogens is 165 g/mol. The lowest BCUT2D eigenvalue weighted by Gasteiger charge is -2.22. The molecular formula is C11H16FN. The van der Waals surface area contributed by atoms with Crippen LogP contribution in [0.3, 0.4) is 0 Å². The van der Waals surface area contributed by atoms with Gasteiger partial charge >= 0.3 is 0 Å². The van der Waals surface area contributed by atoms with Gasteiger partial charge in [0.15, 0.2) is 0 Å². The summed E-state index contributed by atoms with van der Waals surface area (Å²) in [6, 6.07) is 9.31. The second kappa shape index (κ2) is 3.88. The van der Waals surface area contributed by atoms with Crippen LogP contribution < -0.4 is 5.73 Å². The van der Waals surface area contributed by atoms with Crippen LogP contribution in [0.5, 0.6) is 0 Å². The average molecular weight is 181 g/mol. The Labute approximate surface area is 78.8 Å². The van der Waals surface area contributed by atoms with Crippen molar-refractivity contribution in [1.82, 2.24) is 0 Å². The molecule has 1 nitrogen and oxygen atoms in total. The zero-order valence-corrected chi connectivity index (χ0v) is 8.13. The van der Waals surface area contributed by atoms with E-state index < -0.39 is 11.7 Å². The van der Waals surface area contributed by atoms with Gasteiger partial charge in [0.1, 0.15) is 5.67 Å². The quantitative estimate of drug-likeness (QED) is 0.760. The van der Waals surface area contributed by atoms with E-state index in [9.17, 15) is 4.39 Å². The Bertz CT molecular complexity index is 251. The highest BCUT2D eigenvalue weighted by atomic mass is 19.1. The molecule has 1 rings (SSSR count). The third kappa shape index (κ3) is 3.15. The summed E-state index contributed by atoms with van der Waals surface area (Å²) in [7, 11) is 0. The van der Waals surface area contributed by atoms with Crippen molar-refractivity contribution in [3.63, 3.8) is 0 Å². The maximum absolute atomic E-state index is 13.3. The lowest BCUT2D eigenvalue weighted by atomic mass is 9.95. The average Bonchev–Trinajstić information content (AvgIpc) is 2.04. The number of benzene rings is 1. The van der Waals surface area contributed by atoms with E-state index >= 15 is 0 Å². The smallest absolute Gasteiger partial charge is 0.120 e. The predicted molar refractivity (Wildman–Crippen MR) is 53.3 cm³/mol. The molecule has 0 heterocycles. The highest BCUT2D eigenvalue weighted by Crippen LogP contribution is 2.16. The van der Waals surface area contributed by atoms with E-state index in [0.29, 0.717) is 6.42 Å². The summed E-state index contributed by atoms with van der Waals surface area (Å²) in [6.07, 6.45) is 0.588. The summed E-state index contributed by atoms with van der Waals surface area (Å²) in [5, 5.41) is 0. The van der Waals surface area contributed by atoms with Crippen molar-refractivity contribution >= 4 is 0 Å². The van der Waals surface area contributed by atoms with Crippen molar-refractivity contribution in [3.8, 4) is 0 Å². The minimum atomic E-state index is -1.31. The van der Waals surface area contributed by atoms with E-state index in [0.717, 1.165) is 5.56 Å². The highest BCUT2D eigenvalue weighted by molar-refractivity contribution is 5.16. The Morgan fingerprint density at radius 2 is 1.85 bits per heavy atom. The van der Waals surface area contributed by atoms with Crippen LogP contribution in [0.2, 0.25) is 0 Å². The standard InChI is InChI=1S/C11H16FN/c1-11(2,12)10(13)8-9-6-4-3-5-7-9/h3-7,10H,8,13H2,1-2H3. The second-order valence-electron chi connectivity index (χ2n) is 3.86. The topological polar surface area (TPSA) is 26.0 Å². The molecule has 0 spiro atoms. The highest BCUT2D eigenvalue weighted by Gasteiger charge is 2.25. The molecule has 1 aromatic carbocycles. The molecule has 1 atom stereocenters. The molecule has 1 unspecified atom stereocenters. The monoisotopic (exact) mass is 181 g/mol. The van der Waals surface area contributed by atoms with Crippen LogP contribution in [0.15, 0.2) is 30.3 Å². The van der Waals surface area contributed by atoms with Gasteiger partial charge in [0.2, 0.25) is 0 Å². The first kappa shape index (κ1) is 10.2. The van der Waals surface area contributed by atoms with Crippen molar-refractivity contribution < 1.29 is 4.39 Å². The molecule has 0 aliphatic carbocycles. The zero-order valence-electron chi connectivity index (χ0n) is 8.13. The van der Waals surface area contributed by atoms with Gasteiger partial charge in [-0.1, -0.05) is 30.3 Å². The summed E-state index contributed by atoms with van der Waals surface area (Å²) in [5.41, 5.74) is 5.48. The normalized spacial score (nSPS) is 14.2. The van der Waals surface area contributed by atoms with Crippen molar-refractivity contribution in [1.29, 1.82) is 0 Å². The van der Waals surface area contributed by atoms with Crippen molar-refractivity contribution in [2.45, 2.75) is 32.0 Å². The molecule has 0 aromatic heterocycles. The fraction of sp³-hybridized carbons (Fsp3) is 0.455. The summed E-state index contributed by atoms with van der Waals surface area (Å²) in [6.45, 7) is 3.03. The molecule has 2 N–H and O–H groups in total. The van der Waals surface area contributed by atoms with E-state index in [-0.39, 0.29) is 0 Å². The van der Waals surface area contributed by atoms with E-state index in [1.807, 2.05) is 30.3 Å². The lowest BCUT2D eigenvalue weighted by molar-refractivity contribution is 0.172. The van der Waals surface area contributed by atoms with Crippen LogP contribution in [0.1, 0.15) is 19.4 Å². The van der Waals surface area contributed by atoms with Gasteiger partial charge in [0, 0.05) is 6.04 Å². The molecule has 1 aromatic rings. The van der Waals surface area contributed by atoms with Gasteiger partial charge in [-0.2, -0.15) is 0 Å². The molecule has 0 aliphatic heterocycles. The molecule has 0 saturated heterocycles. The summed E-state index contributed by atoms with van der Waals surface area (Å²) in [5.74, 6) is 0. The Balaban J connectivity index is 2.61. The van der Waals surface area contributed by atoms with Crippen molar-refractivity contribution in [2.24, 2.45) is 5.73 Å². The van der Waals surface area contributed by atoms with Gasteiger partial charge in [-0.05, 0) is 25.8 Å². The molecule has 13 heavy (non-hydrogen) atoms. The van der Waals surface area contributed by atoms with Gasteiger partial charge < -0.3 is 5.73 Å². The Morgan fingerprint density at radius 1 is 1.31 bits per heavy atom. The summed E-state index contributed by atoms with van der Waals surface area (Å²) in [4.78, 5) is 0. The summed E-state index contributed by atoms with van der Waals surface area (Å²) < 4.78 is 13.3. The Hall–Kier alpha value is -0.890. The molecule has 0 saturated carbocycles. The van der Waals surface area contributed by atoms with Gasteiger partial charge in [-0.15, -0.1) is 0 Å². The largest absolute Gasteiger partial charge is 0.325 e. The number of halogens is 1. The number of nitrogens with two attached hydrogens (primary N) is 1. The van der Waals surface area contributed by atoms with E-state index in [4.69, 9.17) is 5.73 Å². The molecule has 0 bridgehead atoms. The molecule has 0 aliphatic rings. The fourth-order valence-electron chi connectivity index (χ4n) is 1.11. The van der Waals surface area contributed by atoms with Gasteiger partial charge in [0.05, 0.1) is 0 Å². The fourth-order valence-corrected chi connectivity index (χ4v) is 1.11. The first-order valence-corrected chi connectivity index (χ1v) is 4.48. The van der Waals surface area contributed by atoms with Gasteiger partial charge in [-0.3, -0.25) is 0 Å². The first-order valence-electron chi connectivity index (χ1n) is 4.48. The van der Waals surface area contributed by atoms with Crippen LogP contribution in [0, 0.1) is 0 Å². The van der Waals surface area contributed by atoms with E-state index in [1.54, 1.807) is 0 Å². The van der Waals surface area contributed by atoms with E-state index in [1.165, 1.54) is 13.8 Å². The molecule has 0 radical (unpaired) electrons. The van der Waals surface area contributed by atoms with Gasteiger partial charge in [0.25, 0.3) is 0 Å². The number of alkyl halides is 1. The third-order valence-electron chi connectivity index (χ3n) is 2.18.